The van der Waals surface area contributed by atoms with Crippen molar-refractivity contribution in [3.05, 3.63) is 24.3 Å². The van der Waals surface area contributed by atoms with Gasteiger partial charge < -0.3 is 14.2 Å². The lowest BCUT2D eigenvalue weighted by atomic mass is 10.2. The van der Waals surface area contributed by atoms with Gasteiger partial charge in [-0.1, -0.05) is 24.3 Å². The molecule has 0 fully saturated rings. The van der Waals surface area contributed by atoms with Crippen LogP contribution in [0, 0.1) is 0 Å². The normalized spacial score (nSPS) is 13.5. The summed E-state index contributed by atoms with van der Waals surface area (Å²) in [5, 5.41) is 0. The van der Waals surface area contributed by atoms with Crippen molar-refractivity contribution in [1.29, 1.82) is 0 Å². The molecule has 0 aromatic carbocycles. The van der Waals surface area contributed by atoms with Crippen molar-refractivity contribution in [2.24, 2.45) is 0 Å². The summed E-state index contributed by atoms with van der Waals surface area (Å²) >= 11 is 0. The van der Waals surface area contributed by atoms with Crippen LogP contribution in [0.15, 0.2) is 24.3 Å². The molecule has 0 aromatic rings. The van der Waals surface area contributed by atoms with Gasteiger partial charge in [0.15, 0.2) is 0 Å². The quantitative estimate of drug-likeness (QED) is 0.197. The van der Waals surface area contributed by atoms with E-state index < -0.39 is 11.9 Å². The maximum Gasteiger partial charge on any atom is 0.313 e. The Morgan fingerprint density at radius 3 is 1.44 bits per heavy atom. The van der Waals surface area contributed by atoms with Crippen molar-refractivity contribution in [3.8, 4) is 0 Å². The van der Waals surface area contributed by atoms with Gasteiger partial charge in [-0.15, -0.1) is 0 Å². The zero-order valence-corrected chi connectivity index (χ0v) is 16.6. The Balaban J connectivity index is 3.85. The van der Waals surface area contributed by atoms with Gasteiger partial charge in [0.05, 0.1) is 25.4 Å². The second-order valence-electron chi connectivity index (χ2n) is 6.18. The Labute approximate surface area is 160 Å². The van der Waals surface area contributed by atoms with E-state index in [2.05, 4.69) is 0 Å². The molecule has 0 rings (SSSR count). The van der Waals surface area contributed by atoms with Crippen LogP contribution in [0.5, 0.6) is 0 Å². The molecule has 2 unspecified atom stereocenters. The zero-order chi connectivity index (χ0) is 20.7. The smallest absolute Gasteiger partial charge is 0.313 e. The lowest BCUT2D eigenvalue weighted by molar-refractivity contribution is -0.147. The molecule has 0 radical (unpaired) electrons. The first-order chi connectivity index (χ1) is 12.7. The van der Waals surface area contributed by atoms with E-state index >= 15 is 0 Å². The predicted octanol–water partition coefficient (Wildman–Crippen LogP) is 2.72. The van der Waals surface area contributed by atoms with Crippen LogP contribution in [0.2, 0.25) is 0 Å². The van der Waals surface area contributed by atoms with E-state index in [4.69, 9.17) is 14.2 Å². The molecule has 0 bridgehead atoms. The van der Waals surface area contributed by atoms with Gasteiger partial charge in [0.25, 0.3) is 0 Å². The summed E-state index contributed by atoms with van der Waals surface area (Å²) in [6, 6.07) is 0. The number of hydrogen-bond acceptors (Lipinski definition) is 7. The summed E-state index contributed by atoms with van der Waals surface area (Å²) in [6.45, 7) is 6.94. The molecule has 0 aliphatic heterocycles. The lowest BCUT2D eigenvalue weighted by Crippen LogP contribution is -2.13. The summed E-state index contributed by atoms with van der Waals surface area (Å²) < 4.78 is 15.6. The van der Waals surface area contributed by atoms with Crippen LogP contribution in [-0.2, 0) is 33.4 Å². The Hall–Kier alpha value is -2.28. The average molecular weight is 382 g/mol. The Morgan fingerprint density at radius 1 is 0.741 bits per heavy atom. The first-order valence-electron chi connectivity index (χ1n) is 8.99. The van der Waals surface area contributed by atoms with Crippen molar-refractivity contribution in [1.82, 2.24) is 0 Å². The molecule has 0 amide bonds. The molecule has 7 nitrogen and oxygen atoms in total. The Kier molecular flexibility index (Phi) is 13.6. The molecule has 0 aliphatic rings. The maximum absolute atomic E-state index is 11.2. The number of esters is 2. The molecule has 0 saturated carbocycles. The van der Waals surface area contributed by atoms with Gasteiger partial charge in [-0.05, 0) is 40.5 Å². The molecule has 27 heavy (non-hydrogen) atoms. The SMILES string of the molecule is CC(=O)CC(=O)OCCC=CC(C)OC(C)C=CCCOC(=O)CC(C)=O. The molecule has 0 N–H and O–H groups in total. The molecule has 7 heteroatoms. The number of Topliss-reactive ketones (excluding diaryl/α,β-unsaturated/α-hetero) is 2. The minimum atomic E-state index is -0.508. The van der Waals surface area contributed by atoms with Crippen molar-refractivity contribution in [2.75, 3.05) is 13.2 Å². The highest BCUT2D eigenvalue weighted by Crippen LogP contribution is 2.03. The molecule has 0 heterocycles. The van der Waals surface area contributed by atoms with Gasteiger partial charge in [-0.25, -0.2) is 0 Å². The van der Waals surface area contributed by atoms with Gasteiger partial charge in [0, 0.05) is 0 Å². The van der Waals surface area contributed by atoms with E-state index in [0.717, 1.165) is 0 Å². The van der Waals surface area contributed by atoms with Crippen LogP contribution in [0.25, 0.3) is 0 Å². The largest absolute Gasteiger partial charge is 0.465 e. The highest BCUT2D eigenvalue weighted by molar-refractivity contribution is 5.94. The van der Waals surface area contributed by atoms with Crippen molar-refractivity contribution >= 4 is 23.5 Å². The van der Waals surface area contributed by atoms with Crippen LogP contribution < -0.4 is 0 Å². The van der Waals surface area contributed by atoms with Crippen molar-refractivity contribution in [3.63, 3.8) is 0 Å². The standard InChI is InChI=1S/C20H30O7/c1-15(21)13-19(23)25-11-7-5-9-17(3)27-18(4)10-6-8-12-26-20(24)14-16(2)22/h5-6,9-10,17-18H,7-8,11-14H2,1-4H3. The number of carbonyl (C=O) groups is 4. The van der Waals surface area contributed by atoms with E-state index in [1.165, 1.54) is 13.8 Å². The van der Waals surface area contributed by atoms with Crippen molar-refractivity contribution < 1.29 is 33.4 Å². The predicted molar refractivity (Wildman–Crippen MR) is 100 cm³/mol. The molecule has 0 spiro atoms. The van der Waals surface area contributed by atoms with Crippen molar-refractivity contribution in [2.45, 2.75) is 65.6 Å². The van der Waals surface area contributed by atoms with Gasteiger partial charge in [-0.3, -0.25) is 19.2 Å². The maximum atomic E-state index is 11.2. The minimum absolute atomic E-state index is 0.119. The zero-order valence-electron chi connectivity index (χ0n) is 16.6. The van der Waals surface area contributed by atoms with Gasteiger partial charge in [0.2, 0.25) is 0 Å². The molecule has 0 aromatic heterocycles. The molecule has 0 aliphatic carbocycles. The number of hydrogen-bond donors (Lipinski definition) is 0. The molecular formula is C20H30O7. The van der Waals surface area contributed by atoms with Crippen LogP contribution in [0.3, 0.4) is 0 Å². The highest BCUT2D eigenvalue weighted by Gasteiger charge is 2.06. The van der Waals surface area contributed by atoms with E-state index in [1.807, 2.05) is 38.2 Å². The monoisotopic (exact) mass is 382 g/mol. The second kappa shape index (κ2) is 14.8. The van der Waals surface area contributed by atoms with E-state index in [0.29, 0.717) is 12.8 Å². The number of carbonyl (C=O) groups excluding carboxylic acids is 4. The van der Waals surface area contributed by atoms with Crippen LogP contribution in [0.4, 0.5) is 0 Å². The third kappa shape index (κ3) is 16.9. The van der Waals surface area contributed by atoms with Gasteiger partial charge >= 0.3 is 11.9 Å². The van der Waals surface area contributed by atoms with Gasteiger partial charge in [0.1, 0.15) is 24.4 Å². The van der Waals surface area contributed by atoms with E-state index in [9.17, 15) is 19.2 Å². The second-order valence-corrected chi connectivity index (χ2v) is 6.18. The fourth-order valence-electron chi connectivity index (χ4n) is 2.00. The number of ketones is 2. The Bertz CT molecular complexity index is 501. The summed E-state index contributed by atoms with van der Waals surface area (Å²) in [5.41, 5.74) is 0. The third-order valence-electron chi connectivity index (χ3n) is 3.13. The third-order valence-corrected chi connectivity index (χ3v) is 3.13. The fraction of sp³-hybridized carbons (Fsp3) is 0.600. The first-order valence-corrected chi connectivity index (χ1v) is 8.99. The topological polar surface area (TPSA) is 96.0 Å². The Morgan fingerprint density at radius 2 is 1.11 bits per heavy atom. The minimum Gasteiger partial charge on any atom is -0.465 e. The molecule has 152 valence electrons. The highest BCUT2D eigenvalue weighted by atomic mass is 16.5. The van der Waals surface area contributed by atoms with E-state index in [1.54, 1.807) is 0 Å². The molecule has 2 atom stereocenters. The lowest BCUT2D eigenvalue weighted by Gasteiger charge is -2.13. The fourth-order valence-corrected chi connectivity index (χ4v) is 2.00. The molecular weight excluding hydrogens is 352 g/mol. The van der Waals surface area contributed by atoms with Crippen LogP contribution in [0.1, 0.15) is 53.4 Å². The van der Waals surface area contributed by atoms with Gasteiger partial charge in [-0.2, -0.15) is 0 Å². The molecule has 0 saturated heterocycles. The van der Waals surface area contributed by atoms with Crippen LogP contribution in [-0.4, -0.2) is 48.9 Å². The summed E-state index contributed by atoms with van der Waals surface area (Å²) in [6.07, 6.45) is 7.93. The number of rotatable bonds is 14. The average Bonchev–Trinajstić information content (AvgIpc) is 2.52. The number of ether oxygens (including phenoxy) is 3. The summed E-state index contributed by atoms with van der Waals surface area (Å²) in [5.74, 6) is -1.44. The van der Waals surface area contributed by atoms with Crippen LogP contribution >= 0.6 is 0 Å². The summed E-state index contributed by atoms with van der Waals surface area (Å²) in [4.78, 5) is 43.9. The first kappa shape index (κ1) is 24.7. The summed E-state index contributed by atoms with van der Waals surface area (Å²) in [7, 11) is 0. The van der Waals surface area contributed by atoms with E-state index in [-0.39, 0.29) is 49.8 Å².